The molecule has 0 aliphatic heterocycles. The van der Waals surface area contributed by atoms with Crippen molar-refractivity contribution in [2.24, 2.45) is 5.41 Å². The van der Waals surface area contributed by atoms with Crippen molar-refractivity contribution in [3.8, 4) is 0 Å². The van der Waals surface area contributed by atoms with Crippen LogP contribution in [0.5, 0.6) is 0 Å². The fraction of sp³-hybridized carbons (Fsp3) is 0.529. The van der Waals surface area contributed by atoms with Gasteiger partial charge in [-0.3, -0.25) is 9.59 Å². The Morgan fingerprint density at radius 3 is 2.24 bits per heavy atom. The summed E-state index contributed by atoms with van der Waals surface area (Å²) in [7, 11) is 1.72. The highest BCUT2D eigenvalue weighted by atomic mass is 16.4. The molecule has 0 aromatic heterocycles. The zero-order chi connectivity index (χ0) is 15.5. The van der Waals surface area contributed by atoms with Gasteiger partial charge in [0.25, 0.3) is 0 Å². The number of benzene rings is 1. The minimum atomic E-state index is -0.852. The van der Waals surface area contributed by atoms with E-state index in [1.807, 2.05) is 24.3 Å². The molecule has 1 aliphatic rings. The molecule has 0 atom stereocenters. The van der Waals surface area contributed by atoms with Gasteiger partial charge in [0.05, 0.1) is 5.41 Å². The zero-order valence-corrected chi connectivity index (χ0v) is 12.8. The normalized spacial score (nSPS) is 16.7. The number of aliphatic carboxylic acids is 1. The minimum absolute atomic E-state index is 0.0916. The first-order valence-electron chi connectivity index (χ1n) is 7.57. The van der Waals surface area contributed by atoms with Crippen molar-refractivity contribution >= 4 is 17.6 Å². The predicted octanol–water partition coefficient (Wildman–Crippen LogP) is 3.25. The van der Waals surface area contributed by atoms with Crippen LogP contribution in [0.1, 0.15) is 44.6 Å². The third-order valence-electron chi connectivity index (χ3n) is 4.61. The average Bonchev–Trinajstić information content (AvgIpc) is 2.96. The van der Waals surface area contributed by atoms with Crippen molar-refractivity contribution < 1.29 is 14.7 Å². The molecule has 21 heavy (non-hydrogen) atoms. The molecule has 0 radical (unpaired) electrons. The van der Waals surface area contributed by atoms with Crippen molar-refractivity contribution in [1.29, 1.82) is 0 Å². The number of anilines is 1. The summed E-state index contributed by atoms with van der Waals surface area (Å²) in [4.78, 5) is 25.5. The Balaban J connectivity index is 2.09. The number of hydrogen-bond donors (Lipinski definition) is 1. The van der Waals surface area contributed by atoms with Gasteiger partial charge in [-0.25, -0.2) is 0 Å². The quantitative estimate of drug-likeness (QED) is 0.905. The number of amides is 1. The Morgan fingerprint density at radius 1 is 1.19 bits per heavy atom. The van der Waals surface area contributed by atoms with Gasteiger partial charge in [-0.2, -0.15) is 0 Å². The van der Waals surface area contributed by atoms with E-state index >= 15 is 0 Å². The summed E-state index contributed by atoms with van der Waals surface area (Å²) in [6.45, 7) is 2.08. The van der Waals surface area contributed by atoms with Crippen molar-refractivity contribution in [3.63, 3.8) is 0 Å². The number of aryl methyl sites for hydroxylation is 1. The molecule has 0 unspecified atom stereocenters. The molecule has 4 nitrogen and oxygen atoms in total. The lowest BCUT2D eigenvalue weighted by Gasteiger charge is -2.26. The van der Waals surface area contributed by atoms with Crippen molar-refractivity contribution in [3.05, 3.63) is 29.8 Å². The Bertz CT molecular complexity index is 515. The van der Waals surface area contributed by atoms with Gasteiger partial charge in [0.2, 0.25) is 5.91 Å². The third kappa shape index (κ3) is 3.26. The van der Waals surface area contributed by atoms with Crippen molar-refractivity contribution in [1.82, 2.24) is 0 Å². The predicted molar refractivity (Wildman–Crippen MR) is 82.4 cm³/mol. The second-order valence-corrected chi connectivity index (χ2v) is 5.94. The largest absolute Gasteiger partial charge is 0.481 e. The molecule has 1 fully saturated rings. The van der Waals surface area contributed by atoms with E-state index in [4.69, 9.17) is 0 Å². The standard InChI is InChI=1S/C17H23NO3/c1-3-13-6-8-14(9-7-13)18(2)15(19)12-17(16(20)21)10-4-5-11-17/h6-9H,3-5,10-12H2,1-2H3,(H,20,21). The van der Waals surface area contributed by atoms with Gasteiger partial charge in [-0.05, 0) is 37.0 Å². The first kappa shape index (κ1) is 15.5. The lowest BCUT2D eigenvalue weighted by molar-refractivity contribution is -0.151. The molecule has 1 aromatic rings. The van der Waals surface area contributed by atoms with E-state index in [1.165, 1.54) is 5.56 Å². The molecular formula is C17H23NO3. The monoisotopic (exact) mass is 289 g/mol. The maximum absolute atomic E-state index is 12.4. The van der Waals surface area contributed by atoms with Crippen LogP contribution in [0.2, 0.25) is 0 Å². The van der Waals surface area contributed by atoms with Gasteiger partial charge in [0.1, 0.15) is 0 Å². The van der Waals surface area contributed by atoms with Gasteiger partial charge < -0.3 is 10.0 Å². The number of hydrogen-bond acceptors (Lipinski definition) is 2. The van der Waals surface area contributed by atoms with Crippen LogP contribution in [0.25, 0.3) is 0 Å². The molecule has 0 heterocycles. The van der Waals surface area contributed by atoms with E-state index < -0.39 is 11.4 Å². The Labute approximate surface area is 125 Å². The van der Waals surface area contributed by atoms with Crippen LogP contribution >= 0.6 is 0 Å². The molecule has 1 N–H and O–H groups in total. The lowest BCUT2D eigenvalue weighted by atomic mass is 9.82. The third-order valence-corrected chi connectivity index (χ3v) is 4.61. The molecular weight excluding hydrogens is 266 g/mol. The molecule has 0 bridgehead atoms. The van der Waals surface area contributed by atoms with Crippen LogP contribution < -0.4 is 4.90 Å². The highest BCUT2D eigenvalue weighted by Gasteiger charge is 2.43. The van der Waals surface area contributed by atoms with Gasteiger partial charge in [-0.1, -0.05) is 31.9 Å². The van der Waals surface area contributed by atoms with Crippen LogP contribution in [-0.4, -0.2) is 24.0 Å². The molecule has 114 valence electrons. The van der Waals surface area contributed by atoms with Crippen molar-refractivity contribution in [2.75, 3.05) is 11.9 Å². The first-order valence-corrected chi connectivity index (χ1v) is 7.57. The van der Waals surface area contributed by atoms with E-state index in [1.54, 1.807) is 11.9 Å². The molecule has 0 spiro atoms. The smallest absolute Gasteiger partial charge is 0.310 e. The summed E-state index contributed by atoms with van der Waals surface area (Å²) < 4.78 is 0. The van der Waals surface area contributed by atoms with Crippen LogP contribution in [0.4, 0.5) is 5.69 Å². The van der Waals surface area contributed by atoms with Gasteiger partial charge >= 0.3 is 5.97 Å². The summed E-state index contributed by atoms with van der Waals surface area (Å²) in [6, 6.07) is 7.83. The van der Waals surface area contributed by atoms with Crippen LogP contribution in [0, 0.1) is 5.41 Å². The number of carbonyl (C=O) groups excluding carboxylic acids is 1. The van der Waals surface area contributed by atoms with E-state index in [9.17, 15) is 14.7 Å². The second-order valence-electron chi connectivity index (χ2n) is 5.94. The topological polar surface area (TPSA) is 57.6 Å². The number of carboxylic acids is 1. The summed E-state index contributed by atoms with van der Waals surface area (Å²) in [5.41, 5.74) is 1.18. The van der Waals surface area contributed by atoms with E-state index in [0.29, 0.717) is 12.8 Å². The SMILES string of the molecule is CCc1ccc(N(C)C(=O)CC2(C(=O)O)CCCC2)cc1. The Hall–Kier alpha value is -1.84. The summed E-state index contributed by atoms with van der Waals surface area (Å²) >= 11 is 0. The molecule has 1 aliphatic carbocycles. The van der Waals surface area contributed by atoms with E-state index in [-0.39, 0.29) is 12.3 Å². The van der Waals surface area contributed by atoms with E-state index in [0.717, 1.165) is 24.9 Å². The molecule has 1 amide bonds. The minimum Gasteiger partial charge on any atom is -0.481 e. The average molecular weight is 289 g/mol. The molecule has 4 heteroatoms. The molecule has 1 saturated carbocycles. The number of carboxylic acid groups (broad SMARTS) is 1. The van der Waals surface area contributed by atoms with Gasteiger partial charge in [0.15, 0.2) is 0 Å². The molecule has 0 saturated heterocycles. The lowest BCUT2D eigenvalue weighted by Crippen LogP contribution is -2.36. The summed E-state index contributed by atoms with van der Waals surface area (Å²) in [5, 5.41) is 9.46. The van der Waals surface area contributed by atoms with Crippen LogP contribution in [0.15, 0.2) is 24.3 Å². The highest BCUT2D eigenvalue weighted by molar-refractivity contribution is 5.96. The maximum Gasteiger partial charge on any atom is 0.310 e. The molecule has 2 rings (SSSR count). The first-order chi connectivity index (χ1) is 9.98. The summed E-state index contributed by atoms with van der Waals surface area (Å²) in [5.74, 6) is -0.952. The van der Waals surface area contributed by atoms with Crippen LogP contribution in [-0.2, 0) is 16.0 Å². The fourth-order valence-corrected chi connectivity index (χ4v) is 3.03. The van der Waals surface area contributed by atoms with Gasteiger partial charge in [-0.15, -0.1) is 0 Å². The van der Waals surface area contributed by atoms with Crippen molar-refractivity contribution in [2.45, 2.75) is 45.4 Å². The Morgan fingerprint density at radius 2 is 1.76 bits per heavy atom. The highest BCUT2D eigenvalue weighted by Crippen LogP contribution is 2.42. The Kier molecular flexibility index (Phi) is 4.66. The number of nitrogens with zero attached hydrogens (tertiary/aromatic N) is 1. The maximum atomic E-state index is 12.4. The number of carbonyl (C=O) groups is 2. The van der Waals surface area contributed by atoms with E-state index in [2.05, 4.69) is 6.92 Å². The molecule has 1 aromatic carbocycles. The zero-order valence-electron chi connectivity index (χ0n) is 12.8. The van der Waals surface area contributed by atoms with Gasteiger partial charge in [0, 0.05) is 19.2 Å². The second kappa shape index (κ2) is 6.29. The fourth-order valence-electron chi connectivity index (χ4n) is 3.03. The number of rotatable bonds is 5. The van der Waals surface area contributed by atoms with Crippen LogP contribution in [0.3, 0.4) is 0 Å². The summed E-state index contributed by atoms with van der Waals surface area (Å²) in [6.07, 6.45) is 4.06.